The zero-order valence-corrected chi connectivity index (χ0v) is 18.7. The molecule has 0 saturated carbocycles. The van der Waals surface area contributed by atoms with Crippen molar-refractivity contribution in [1.29, 1.82) is 0 Å². The molecule has 0 radical (unpaired) electrons. The summed E-state index contributed by atoms with van der Waals surface area (Å²) in [6, 6.07) is 15.1. The van der Waals surface area contributed by atoms with E-state index in [9.17, 15) is 4.79 Å². The standard InChI is InChI=1S/C23H26N4O3S/c1-29-18-8-4-16(5-9-18)20-21(31-3)26-23(25-20)12-14-27(15-13-23)22(28)24-17-6-10-19(30-2)11-7-17/h4-11H,12-15H2,1-3H3,(H,24,28). The molecule has 162 valence electrons. The number of aliphatic imine (C=N–C) groups is 2. The number of carbonyl (C=O) groups excluding carboxylic acids is 1. The Kier molecular flexibility index (Phi) is 6.18. The molecule has 2 aromatic rings. The summed E-state index contributed by atoms with van der Waals surface area (Å²) in [4.78, 5) is 24.5. The van der Waals surface area contributed by atoms with Gasteiger partial charge in [-0.05, 0) is 54.8 Å². The van der Waals surface area contributed by atoms with Crippen molar-refractivity contribution in [2.45, 2.75) is 18.5 Å². The number of ether oxygens (including phenoxy) is 2. The smallest absolute Gasteiger partial charge is 0.321 e. The minimum atomic E-state index is -0.482. The molecule has 2 heterocycles. The third-order valence-electron chi connectivity index (χ3n) is 5.58. The first kappa shape index (κ1) is 21.2. The molecule has 0 aliphatic carbocycles. The highest BCUT2D eigenvalue weighted by atomic mass is 32.2. The highest BCUT2D eigenvalue weighted by Crippen LogP contribution is 2.35. The van der Waals surface area contributed by atoms with Crippen LogP contribution in [0.2, 0.25) is 0 Å². The Bertz CT molecular complexity index is 994. The monoisotopic (exact) mass is 438 g/mol. The van der Waals surface area contributed by atoms with Crippen LogP contribution < -0.4 is 14.8 Å². The average molecular weight is 439 g/mol. The number of hydrogen-bond acceptors (Lipinski definition) is 6. The Morgan fingerprint density at radius 1 is 0.968 bits per heavy atom. The van der Waals surface area contributed by atoms with Crippen LogP contribution in [0.3, 0.4) is 0 Å². The van der Waals surface area contributed by atoms with Crippen molar-refractivity contribution in [3.63, 3.8) is 0 Å². The van der Waals surface area contributed by atoms with Crippen LogP contribution in [0.1, 0.15) is 18.4 Å². The van der Waals surface area contributed by atoms with Crippen molar-refractivity contribution in [1.82, 2.24) is 4.90 Å². The maximum Gasteiger partial charge on any atom is 0.321 e. The van der Waals surface area contributed by atoms with E-state index >= 15 is 0 Å². The number of anilines is 1. The van der Waals surface area contributed by atoms with Gasteiger partial charge in [-0.25, -0.2) is 9.79 Å². The van der Waals surface area contributed by atoms with Crippen LogP contribution >= 0.6 is 11.8 Å². The van der Waals surface area contributed by atoms with Gasteiger partial charge in [-0.1, -0.05) is 0 Å². The van der Waals surface area contributed by atoms with Gasteiger partial charge in [-0.3, -0.25) is 4.99 Å². The normalized spacial score (nSPS) is 17.2. The van der Waals surface area contributed by atoms with E-state index in [1.165, 1.54) is 0 Å². The molecule has 0 atom stereocenters. The third kappa shape index (κ3) is 4.54. The lowest BCUT2D eigenvalue weighted by atomic mass is 9.98. The molecule has 0 bridgehead atoms. The van der Waals surface area contributed by atoms with Crippen LogP contribution in [0.5, 0.6) is 11.5 Å². The van der Waals surface area contributed by atoms with Gasteiger partial charge >= 0.3 is 6.03 Å². The first-order valence-electron chi connectivity index (χ1n) is 10.1. The lowest BCUT2D eigenvalue weighted by Crippen LogP contribution is -2.46. The van der Waals surface area contributed by atoms with Gasteiger partial charge in [0.1, 0.15) is 16.5 Å². The zero-order chi connectivity index (χ0) is 21.8. The molecule has 1 saturated heterocycles. The molecular weight excluding hydrogens is 412 g/mol. The molecule has 7 nitrogen and oxygen atoms in total. The Balaban J connectivity index is 1.43. The van der Waals surface area contributed by atoms with Crippen LogP contribution in [-0.2, 0) is 0 Å². The topological polar surface area (TPSA) is 75.5 Å². The predicted octanol–water partition coefficient (Wildman–Crippen LogP) is 4.29. The summed E-state index contributed by atoms with van der Waals surface area (Å²) < 4.78 is 10.4. The molecule has 1 spiro atoms. The van der Waals surface area contributed by atoms with Crippen LogP contribution in [0.25, 0.3) is 0 Å². The fraction of sp³-hybridized carbons (Fsp3) is 0.348. The molecule has 4 rings (SSSR count). The number of urea groups is 1. The molecule has 0 aromatic heterocycles. The second-order valence-electron chi connectivity index (χ2n) is 7.44. The lowest BCUT2D eigenvalue weighted by molar-refractivity contribution is 0.175. The number of likely N-dealkylation sites (tertiary alicyclic amines) is 1. The summed E-state index contributed by atoms with van der Waals surface area (Å²) in [5.74, 6) is 1.57. The average Bonchev–Trinajstić information content (AvgIpc) is 3.18. The Morgan fingerprint density at radius 3 is 2.10 bits per heavy atom. The number of nitrogens with one attached hydrogen (secondary N) is 1. The van der Waals surface area contributed by atoms with Gasteiger partial charge < -0.3 is 19.7 Å². The number of amides is 2. The number of benzene rings is 2. The highest BCUT2D eigenvalue weighted by molar-refractivity contribution is 8.15. The van der Waals surface area contributed by atoms with E-state index in [2.05, 4.69) is 5.32 Å². The van der Waals surface area contributed by atoms with Gasteiger partial charge in [0, 0.05) is 37.2 Å². The maximum atomic E-state index is 12.7. The fourth-order valence-corrected chi connectivity index (χ4v) is 4.39. The largest absolute Gasteiger partial charge is 0.497 e. The van der Waals surface area contributed by atoms with E-state index < -0.39 is 5.66 Å². The van der Waals surface area contributed by atoms with E-state index in [0.717, 1.165) is 33.5 Å². The van der Waals surface area contributed by atoms with Gasteiger partial charge in [0.05, 0.1) is 19.9 Å². The van der Waals surface area contributed by atoms with Crippen LogP contribution in [-0.4, -0.2) is 60.9 Å². The Labute approximate surface area is 186 Å². The van der Waals surface area contributed by atoms with Crippen LogP contribution in [0.4, 0.5) is 10.5 Å². The van der Waals surface area contributed by atoms with Gasteiger partial charge in [-0.2, -0.15) is 0 Å². The van der Waals surface area contributed by atoms with Gasteiger partial charge in [0.15, 0.2) is 5.66 Å². The number of nitrogens with zero attached hydrogens (tertiary/aromatic N) is 3. The molecular formula is C23H26N4O3S. The van der Waals surface area contributed by atoms with Crippen molar-refractivity contribution in [2.75, 3.05) is 38.9 Å². The Hall–Kier alpha value is -3.00. The SMILES string of the molecule is COc1ccc(NC(=O)N2CCC3(CC2)N=C(SC)C(c2ccc(OC)cc2)=N3)cc1. The third-order valence-corrected chi connectivity index (χ3v) is 6.25. The first-order chi connectivity index (χ1) is 15.1. The molecule has 2 amide bonds. The van der Waals surface area contributed by atoms with E-state index in [4.69, 9.17) is 19.5 Å². The van der Waals surface area contributed by atoms with Crippen molar-refractivity contribution in [3.8, 4) is 11.5 Å². The highest BCUT2D eigenvalue weighted by Gasteiger charge is 2.40. The minimum Gasteiger partial charge on any atom is -0.497 e. The van der Waals surface area contributed by atoms with E-state index in [0.29, 0.717) is 25.9 Å². The van der Waals surface area contributed by atoms with Gasteiger partial charge in [0.2, 0.25) is 0 Å². The number of piperidine rings is 1. The summed E-state index contributed by atoms with van der Waals surface area (Å²) in [6.45, 7) is 1.21. The summed E-state index contributed by atoms with van der Waals surface area (Å²) in [5, 5.41) is 3.90. The molecule has 2 aliphatic rings. The van der Waals surface area contributed by atoms with Crippen molar-refractivity contribution < 1.29 is 14.3 Å². The van der Waals surface area contributed by atoms with Crippen molar-refractivity contribution in [3.05, 3.63) is 54.1 Å². The first-order valence-corrected chi connectivity index (χ1v) is 11.4. The number of carbonyl (C=O) groups is 1. The summed E-state index contributed by atoms with van der Waals surface area (Å²) in [7, 11) is 3.28. The maximum absolute atomic E-state index is 12.7. The Morgan fingerprint density at radius 2 is 1.55 bits per heavy atom. The molecule has 2 aliphatic heterocycles. The van der Waals surface area contributed by atoms with Gasteiger partial charge in [-0.15, -0.1) is 11.8 Å². The molecule has 1 fully saturated rings. The van der Waals surface area contributed by atoms with Crippen LogP contribution in [0, 0.1) is 0 Å². The number of rotatable bonds is 4. The minimum absolute atomic E-state index is 0.105. The molecule has 31 heavy (non-hydrogen) atoms. The lowest BCUT2D eigenvalue weighted by Gasteiger charge is -2.35. The summed E-state index contributed by atoms with van der Waals surface area (Å²) >= 11 is 1.61. The molecule has 2 aromatic carbocycles. The van der Waals surface area contributed by atoms with Crippen molar-refractivity contribution >= 4 is 34.2 Å². The van der Waals surface area contributed by atoms with E-state index in [1.54, 1.807) is 26.0 Å². The number of hydrogen-bond donors (Lipinski definition) is 1. The fourth-order valence-electron chi connectivity index (χ4n) is 3.77. The van der Waals surface area contributed by atoms with Gasteiger partial charge in [0.25, 0.3) is 0 Å². The molecule has 0 unspecified atom stereocenters. The second-order valence-corrected chi connectivity index (χ2v) is 8.23. The molecule has 8 heteroatoms. The second kappa shape index (κ2) is 9.01. The van der Waals surface area contributed by atoms with E-state index in [1.807, 2.05) is 59.7 Å². The van der Waals surface area contributed by atoms with Crippen LogP contribution in [0.15, 0.2) is 58.5 Å². The number of thioether (sulfide) groups is 1. The van der Waals surface area contributed by atoms with E-state index in [-0.39, 0.29) is 6.03 Å². The van der Waals surface area contributed by atoms with Crippen molar-refractivity contribution in [2.24, 2.45) is 9.98 Å². The zero-order valence-electron chi connectivity index (χ0n) is 17.9. The quantitative estimate of drug-likeness (QED) is 0.773. The molecule has 1 N–H and O–H groups in total. The summed E-state index contributed by atoms with van der Waals surface area (Å²) in [6.07, 6.45) is 3.42. The predicted molar refractivity (Wildman–Crippen MR) is 126 cm³/mol. The summed E-state index contributed by atoms with van der Waals surface area (Å²) in [5.41, 5.74) is 2.22. The number of methoxy groups -OCH3 is 2.